The lowest BCUT2D eigenvalue weighted by atomic mass is 10.2. The Balaban J connectivity index is 1.59. The first-order chi connectivity index (χ1) is 11.8. The predicted octanol–water partition coefficient (Wildman–Crippen LogP) is 2.04. The summed E-state index contributed by atoms with van der Waals surface area (Å²) < 4.78 is 5.06. The summed E-state index contributed by atoms with van der Waals surface area (Å²) in [7, 11) is 0. The van der Waals surface area contributed by atoms with Crippen molar-refractivity contribution in [3.05, 3.63) is 54.0 Å². The van der Waals surface area contributed by atoms with Crippen LogP contribution in [0.3, 0.4) is 0 Å². The van der Waals surface area contributed by atoms with E-state index in [-0.39, 0.29) is 5.91 Å². The van der Waals surface area contributed by atoms with Gasteiger partial charge in [0.25, 0.3) is 5.91 Å². The third kappa shape index (κ3) is 3.59. The fourth-order valence-electron chi connectivity index (χ4n) is 2.78. The summed E-state index contributed by atoms with van der Waals surface area (Å²) in [6.07, 6.45) is 2.51. The highest BCUT2D eigenvalue weighted by atomic mass is 16.3. The van der Waals surface area contributed by atoms with E-state index in [9.17, 15) is 4.79 Å². The molecule has 1 aromatic heterocycles. The van der Waals surface area contributed by atoms with Crippen molar-refractivity contribution in [1.82, 2.24) is 10.6 Å². The fourth-order valence-corrected chi connectivity index (χ4v) is 2.78. The van der Waals surface area contributed by atoms with Gasteiger partial charge < -0.3 is 20.0 Å². The molecule has 0 bridgehead atoms. The zero-order valence-electron chi connectivity index (χ0n) is 13.8. The molecule has 6 heteroatoms. The van der Waals surface area contributed by atoms with Gasteiger partial charge in [-0.2, -0.15) is 0 Å². The first-order valence-corrected chi connectivity index (χ1v) is 8.25. The number of para-hydroxylation sites is 1. The molecule has 126 valence electrons. The van der Waals surface area contributed by atoms with Crippen molar-refractivity contribution in [2.24, 2.45) is 4.99 Å². The van der Waals surface area contributed by atoms with Crippen molar-refractivity contribution in [3.8, 4) is 0 Å². The summed E-state index contributed by atoms with van der Waals surface area (Å²) in [6.45, 7) is 4.74. The summed E-state index contributed by atoms with van der Waals surface area (Å²) in [5.74, 6) is 0.959. The molecule has 2 N–H and O–H groups in total. The largest absolute Gasteiger partial charge is 0.459 e. The third-order valence-electron chi connectivity index (χ3n) is 3.88. The average molecular weight is 326 g/mol. The standard InChI is InChI=1S/C18H22N4O2/c1-2-19-18(22-12-9-14-6-3-4-7-15(14)22)21-11-10-20-17(23)16-8-5-13-24-16/h3-8,13H,2,9-12H2,1H3,(H,19,21)(H,20,23). The highest BCUT2D eigenvalue weighted by Crippen LogP contribution is 2.27. The van der Waals surface area contributed by atoms with E-state index in [1.807, 2.05) is 6.07 Å². The summed E-state index contributed by atoms with van der Waals surface area (Å²) in [6, 6.07) is 11.7. The maximum atomic E-state index is 11.8. The van der Waals surface area contributed by atoms with Crippen LogP contribution < -0.4 is 15.5 Å². The van der Waals surface area contributed by atoms with Crippen LogP contribution in [0.4, 0.5) is 5.69 Å². The Bertz CT molecular complexity index is 710. The molecule has 0 saturated carbocycles. The molecule has 0 saturated heterocycles. The molecule has 0 radical (unpaired) electrons. The van der Waals surface area contributed by atoms with Crippen LogP contribution in [0.15, 0.2) is 52.1 Å². The van der Waals surface area contributed by atoms with Crippen molar-refractivity contribution >= 4 is 17.6 Å². The number of anilines is 1. The molecule has 2 aromatic rings. The molecule has 3 rings (SSSR count). The van der Waals surface area contributed by atoms with Crippen LogP contribution in [0.1, 0.15) is 23.0 Å². The van der Waals surface area contributed by atoms with Crippen LogP contribution in [0.25, 0.3) is 0 Å². The number of hydrogen-bond acceptors (Lipinski definition) is 3. The van der Waals surface area contributed by atoms with E-state index in [4.69, 9.17) is 4.42 Å². The fraction of sp³-hybridized carbons (Fsp3) is 0.333. The van der Waals surface area contributed by atoms with E-state index in [1.54, 1.807) is 12.1 Å². The van der Waals surface area contributed by atoms with Crippen LogP contribution in [0.2, 0.25) is 0 Å². The molecule has 2 heterocycles. The highest BCUT2D eigenvalue weighted by molar-refractivity contribution is 5.98. The zero-order valence-corrected chi connectivity index (χ0v) is 13.8. The maximum Gasteiger partial charge on any atom is 0.287 e. The van der Waals surface area contributed by atoms with Crippen LogP contribution in [-0.2, 0) is 6.42 Å². The van der Waals surface area contributed by atoms with Gasteiger partial charge in [0.1, 0.15) is 0 Å². The molecule has 0 spiro atoms. The Hall–Kier alpha value is -2.76. The van der Waals surface area contributed by atoms with E-state index in [1.165, 1.54) is 17.5 Å². The second kappa shape index (κ2) is 7.68. The average Bonchev–Trinajstić information content (AvgIpc) is 3.27. The van der Waals surface area contributed by atoms with E-state index >= 15 is 0 Å². The lowest BCUT2D eigenvalue weighted by Gasteiger charge is -2.22. The normalized spacial score (nSPS) is 13.7. The molecular weight excluding hydrogens is 304 g/mol. The number of amides is 1. The molecule has 0 unspecified atom stereocenters. The summed E-state index contributed by atoms with van der Waals surface area (Å²) >= 11 is 0. The summed E-state index contributed by atoms with van der Waals surface area (Å²) in [5, 5.41) is 6.13. The van der Waals surface area contributed by atoms with Crippen LogP contribution in [-0.4, -0.2) is 38.0 Å². The third-order valence-corrected chi connectivity index (χ3v) is 3.88. The topological polar surface area (TPSA) is 69.9 Å². The van der Waals surface area contributed by atoms with E-state index in [2.05, 4.69) is 45.6 Å². The van der Waals surface area contributed by atoms with Gasteiger partial charge in [-0.3, -0.25) is 9.79 Å². The van der Waals surface area contributed by atoms with Gasteiger partial charge in [-0.05, 0) is 37.1 Å². The SMILES string of the molecule is CCNC(=NCCNC(=O)c1ccco1)N1CCc2ccccc21. The lowest BCUT2D eigenvalue weighted by Crippen LogP contribution is -2.41. The molecule has 24 heavy (non-hydrogen) atoms. The minimum absolute atomic E-state index is 0.216. The number of benzene rings is 1. The number of nitrogens with zero attached hydrogens (tertiary/aromatic N) is 2. The number of carbonyl (C=O) groups is 1. The Morgan fingerprint density at radius 2 is 2.12 bits per heavy atom. The molecule has 0 atom stereocenters. The van der Waals surface area contributed by atoms with Crippen LogP contribution >= 0.6 is 0 Å². The predicted molar refractivity (Wildman–Crippen MR) is 94.5 cm³/mol. The van der Waals surface area contributed by atoms with Crippen LogP contribution in [0.5, 0.6) is 0 Å². The number of rotatable bonds is 5. The van der Waals surface area contributed by atoms with Gasteiger partial charge in [-0.15, -0.1) is 0 Å². The number of aliphatic imine (C=N–C) groups is 1. The minimum Gasteiger partial charge on any atom is -0.459 e. The smallest absolute Gasteiger partial charge is 0.287 e. The van der Waals surface area contributed by atoms with Gasteiger partial charge in [0, 0.05) is 25.3 Å². The Labute approximate surface area is 141 Å². The van der Waals surface area contributed by atoms with Crippen molar-refractivity contribution in [2.75, 3.05) is 31.1 Å². The van der Waals surface area contributed by atoms with Gasteiger partial charge in [0.05, 0.1) is 12.8 Å². The molecule has 6 nitrogen and oxygen atoms in total. The number of carbonyl (C=O) groups excluding carboxylic acids is 1. The second-order valence-electron chi connectivity index (χ2n) is 5.50. The Morgan fingerprint density at radius 3 is 2.92 bits per heavy atom. The lowest BCUT2D eigenvalue weighted by molar-refractivity contribution is 0.0927. The van der Waals surface area contributed by atoms with Gasteiger partial charge in [0.15, 0.2) is 11.7 Å². The summed E-state index contributed by atoms with van der Waals surface area (Å²) in [5.41, 5.74) is 2.55. The van der Waals surface area contributed by atoms with Gasteiger partial charge >= 0.3 is 0 Å². The monoisotopic (exact) mass is 326 g/mol. The van der Waals surface area contributed by atoms with Crippen molar-refractivity contribution in [3.63, 3.8) is 0 Å². The zero-order chi connectivity index (χ0) is 16.8. The minimum atomic E-state index is -0.216. The van der Waals surface area contributed by atoms with E-state index in [0.717, 1.165) is 25.5 Å². The molecule has 1 aromatic carbocycles. The molecule has 0 fully saturated rings. The highest BCUT2D eigenvalue weighted by Gasteiger charge is 2.22. The first-order valence-electron chi connectivity index (χ1n) is 8.25. The number of furan rings is 1. The van der Waals surface area contributed by atoms with Crippen molar-refractivity contribution in [1.29, 1.82) is 0 Å². The molecule has 1 amide bonds. The number of guanidine groups is 1. The maximum absolute atomic E-state index is 11.8. The Kier molecular flexibility index (Phi) is 5.15. The second-order valence-corrected chi connectivity index (χ2v) is 5.50. The van der Waals surface area contributed by atoms with E-state index in [0.29, 0.717) is 18.8 Å². The quantitative estimate of drug-likeness (QED) is 0.501. The number of nitrogens with one attached hydrogen (secondary N) is 2. The molecule has 0 aliphatic carbocycles. The van der Waals surface area contributed by atoms with Gasteiger partial charge in [-0.1, -0.05) is 18.2 Å². The molecule has 1 aliphatic heterocycles. The van der Waals surface area contributed by atoms with Gasteiger partial charge in [-0.25, -0.2) is 0 Å². The van der Waals surface area contributed by atoms with Crippen molar-refractivity contribution < 1.29 is 9.21 Å². The molecular formula is C18H22N4O2. The molecule has 1 aliphatic rings. The Morgan fingerprint density at radius 1 is 1.25 bits per heavy atom. The van der Waals surface area contributed by atoms with E-state index < -0.39 is 0 Å². The van der Waals surface area contributed by atoms with Crippen LogP contribution in [0, 0.1) is 0 Å². The van der Waals surface area contributed by atoms with Gasteiger partial charge in [0.2, 0.25) is 0 Å². The number of fused-ring (bicyclic) bond motifs is 1. The van der Waals surface area contributed by atoms with Crippen molar-refractivity contribution in [2.45, 2.75) is 13.3 Å². The number of hydrogen-bond donors (Lipinski definition) is 2. The summed E-state index contributed by atoms with van der Waals surface area (Å²) in [4.78, 5) is 18.7. The first kappa shape index (κ1) is 16.1.